The van der Waals surface area contributed by atoms with E-state index in [2.05, 4.69) is 24.1 Å². The van der Waals surface area contributed by atoms with Crippen molar-refractivity contribution in [1.29, 1.82) is 0 Å². The molecule has 1 saturated heterocycles. The molecule has 0 bridgehead atoms. The molecule has 2 aliphatic rings. The maximum absolute atomic E-state index is 5.97. The van der Waals surface area contributed by atoms with Crippen LogP contribution in [0, 0.1) is 0 Å². The van der Waals surface area contributed by atoms with E-state index < -0.39 is 0 Å². The minimum atomic E-state index is 0.466. The van der Waals surface area contributed by atoms with Crippen LogP contribution in [0.15, 0.2) is 0 Å². The Labute approximate surface area is 112 Å². The van der Waals surface area contributed by atoms with Gasteiger partial charge in [-0.1, -0.05) is 0 Å². The zero-order valence-corrected chi connectivity index (χ0v) is 12.2. The molecule has 18 heavy (non-hydrogen) atoms. The van der Waals surface area contributed by atoms with Gasteiger partial charge in [0, 0.05) is 24.2 Å². The monoisotopic (exact) mass is 253 g/mol. The number of rotatable bonds is 3. The molecule has 1 saturated carbocycles. The van der Waals surface area contributed by atoms with E-state index in [0.29, 0.717) is 12.1 Å². The van der Waals surface area contributed by atoms with Gasteiger partial charge in [-0.3, -0.25) is 0 Å². The highest BCUT2D eigenvalue weighted by atomic mass is 15.1. The molecule has 3 heteroatoms. The summed E-state index contributed by atoms with van der Waals surface area (Å²) in [5.41, 5.74) is 5.97. The second-order valence-electron chi connectivity index (χ2n) is 6.54. The van der Waals surface area contributed by atoms with Crippen molar-refractivity contribution in [2.75, 3.05) is 13.1 Å². The van der Waals surface area contributed by atoms with Crippen LogP contribution in [0.4, 0.5) is 0 Å². The summed E-state index contributed by atoms with van der Waals surface area (Å²) in [7, 11) is 0. The summed E-state index contributed by atoms with van der Waals surface area (Å²) in [5.74, 6) is 0. The van der Waals surface area contributed by atoms with Crippen molar-refractivity contribution < 1.29 is 0 Å². The Morgan fingerprint density at radius 2 is 1.61 bits per heavy atom. The van der Waals surface area contributed by atoms with E-state index in [9.17, 15) is 0 Å². The van der Waals surface area contributed by atoms with Crippen LogP contribution in [0.1, 0.15) is 58.8 Å². The molecular weight excluding hydrogens is 222 g/mol. The van der Waals surface area contributed by atoms with Crippen LogP contribution in [-0.4, -0.2) is 42.2 Å². The van der Waals surface area contributed by atoms with Gasteiger partial charge in [-0.2, -0.15) is 0 Å². The molecule has 2 rings (SSSR count). The second-order valence-corrected chi connectivity index (χ2v) is 6.54. The van der Waals surface area contributed by atoms with Gasteiger partial charge in [0.1, 0.15) is 0 Å². The molecule has 1 atom stereocenters. The van der Waals surface area contributed by atoms with Crippen molar-refractivity contribution in [2.24, 2.45) is 5.73 Å². The summed E-state index contributed by atoms with van der Waals surface area (Å²) in [6.07, 6.45) is 9.01. The van der Waals surface area contributed by atoms with E-state index in [1.807, 2.05) is 0 Å². The lowest BCUT2D eigenvalue weighted by atomic mass is 9.91. The number of nitrogens with two attached hydrogens (primary N) is 1. The predicted octanol–water partition coefficient (Wildman–Crippen LogP) is 2.11. The van der Waals surface area contributed by atoms with Gasteiger partial charge in [0.25, 0.3) is 0 Å². The van der Waals surface area contributed by atoms with Gasteiger partial charge in [-0.25, -0.2) is 0 Å². The van der Waals surface area contributed by atoms with Crippen molar-refractivity contribution >= 4 is 0 Å². The standard InChI is InChI=1S/C15H31N3/c1-12(2)18-10-3-4-14(9-11-18)17-15-7-5-13(16)6-8-15/h12-15,17H,3-11,16H2,1-2H3. The van der Waals surface area contributed by atoms with Crippen LogP contribution in [-0.2, 0) is 0 Å². The molecule has 1 aliphatic heterocycles. The van der Waals surface area contributed by atoms with E-state index in [-0.39, 0.29) is 0 Å². The van der Waals surface area contributed by atoms with Crippen LogP contribution in [0.2, 0.25) is 0 Å². The zero-order valence-electron chi connectivity index (χ0n) is 12.2. The highest BCUT2D eigenvalue weighted by molar-refractivity contribution is 4.84. The molecule has 0 amide bonds. The topological polar surface area (TPSA) is 41.3 Å². The van der Waals surface area contributed by atoms with E-state index in [4.69, 9.17) is 5.73 Å². The summed E-state index contributed by atoms with van der Waals surface area (Å²) in [5, 5.41) is 3.90. The fourth-order valence-corrected chi connectivity index (χ4v) is 3.42. The molecule has 2 fully saturated rings. The van der Waals surface area contributed by atoms with Crippen molar-refractivity contribution in [3.05, 3.63) is 0 Å². The van der Waals surface area contributed by atoms with Crippen molar-refractivity contribution in [1.82, 2.24) is 10.2 Å². The molecule has 0 aromatic rings. The largest absolute Gasteiger partial charge is 0.328 e. The van der Waals surface area contributed by atoms with Gasteiger partial charge in [-0.15, -0.1) is 0 Å². The van der Waals surface area contributed by atoms with Crippen LogP contribution in [0.25, 0.3) is 0 Å². The van der Waals surface area contributed by atoms with Gasteiger partial charge in [0.15, 0.2) is 0 Å². The summed E-state index contributed by atoms with van der Waals surface area (Å²) < 4.78 is 0. The Bertz CT molecular complexity index is 234. The quantitative estimate of drug-likeness (QED) is 0.809. The van der Waals surface area contributed by atoms with Gasteiger partial charge >= 0.3 is 0 Å². The Balaban J connectivity index is 1.73. The first kappa shape index (κ1) is 14.3. The molecule has 0 radical (unpaired) electrons. The van der Waals surface area contributed by atoms with Gasteiger partial charge < -0.3 is 16.0 Å². The van der Waals surface area contributed by atoms with E-state index in [1.54, 1.807) is 0 Å². The molecule has 1 unspecified atom stereocenters. The Morgan fingerprint density at radius 1 is 0.944 bits per heavy atom. The maximum Gasteiger partial charge on any atom is 0.00823 e. The number of likely N-dealkylation sites (tertiary alicyclic amines) is 1. The van der Waals surface area contributed by atoms with Crippen LogP contribution in [0.3, 0.4) is 0 Å². The summed E-state index contributed by atoms with van der Waals surface area (Å²) in [4.78, 5) is 2.62. The first-order chi connectivity index (χ1) is 8.65. The van der Waals surface area contributed by atoms with Crippen LogP contribution >= 0.6 is 0 Å². The summed E-state index contributed by atoms with van der Waals surface area (Å²) >= 11 is 0. The average Bonchev–Trinajstić information content (AvgIpc) is 2.58. The van der Waals surface area contributed by atoms with Crippen LogP contribution in [0.5, 0.6) is 0 Å². The average molecular weight is 253 g/mol. The molecular formula is C15H31N3. The zero-order chi connectivity index (χ0) is 13.0. The normalized spacial score (nSPS) is 35.7. The van der Waals surface area contributed by atoms with Gasteiger partial charge in [0.2, 0.25) is 0 Å². The van der Waals surface area contributed by atoms with Gasteiger partial charge in [-0.05, 0) is 71.9 Å². The summed E-state index contributed by atoms with van der Waals surface area (Å²) in [6, 6.07) is 2.65. The molecule has 0 spiro atoms. The molecule has 106 valence electrons. The lowest BCUT2D eigenvalue weighted by Crippen LogP contribution is -2.43. The molecule has 0 aromatic heterocycles. The SMILES string of the molecule is CC(C)N1CCCC(NC2CCC(N)CC2)CC1. The molecule has 1 aliphatic carbocycles. The number of nitrogens with zero attached hydrogens (tertiary/aromatic N) is 1. The smallest absolute Gasteiger partial charge is 0.00823 e. The third-order valence-corrected chi connectivity index (χ3v) is 4.74. The Kier molecular flexibility index (Phi) is 5.46. The third-order valence-electron chi connectivity index (χ3n) is 4.74. The predicted molar refractivity (Wildman–Crippen MR) is 77.7 cm³/mol. The van der Waals surface area contributed by atoms with Crippen molar-refractivity contribution in [3.8, 4) is 0 Å². The fraction of sp³-hybridized carbons (Fsp3) is 1.00. The number of hydrogen-bond acceptors (Lipinski definition) is 3. The van der Waals surface area contributed by atoms with Crippen molar-refractivity contribution in [2.45, 2.75) is 83.0 Å². The Morgan fingerprint density at radius 3 is 2.28 bits per heavy atom. The van der Waals surface area contributed by atoms with Gasteiger partial charge in [0.05, 0.1) is 0 Å². The lowest BCUT2D eigenvalue weighted by molar-refractivity contribution is 0.226. The molecule has 0 aromatic carbocycles. The minimum Gasteiger partial charge on any atom is -0.328 e. The lowest BCUT2D eigenvalue weighted by Gasteiger charge is -2.30. The maximum atomic E-state index is 5.97. The first-order valence-electron chi connectivity index (χ1n) is 7.91. The fourth-order valence-electron chi connectivity index (χ4n) is 3.42. The van der Waals surface area contributed by atoms with Crippen molar-refractivity contribution in [3.63, 3.8) is 0 Å². The number of nitrogens with one attached hydrogen (secondary N) is 1. The highest BCUT2D eigenvalue weighted by Gasteiger charge is 2.23. The van der Waals surface area contributed by atoms with E-state index >= 15 is 0 Å². The number of hydrogen-bond donors (Lipinski definition) is 2. The third kappa shape index (κ3) is 4.22. The minimum absolute atomic E-state index is 0.466. The van der Waals surface area contributed by atoms with E-state index in [0.717, 1.165) is 12.1 Å². The van der Waals surface area contributed by atoms with E-state index in [1.165, 1.54) is 58.0 Å². The summed E-state index contributed by atoms with van der Waals surface area (Å²) in [6.45, 7) is 7.18. The highest BCUT2D eigenvalue weighted by Crippen LogP contribution is 2.20. The Hall–Kier alpha value is -0.120. The first-order valence-corrected chi connectivity index (χ1v) is 7.91. The van der Waals surface area contributed by atoms with Crippen LogP contribution < -0.4 is 11.1 Å². The molecule has 3 nitrogen and oxygen atoms in total. The molecule has 1 heterocycles. The second kappa shape index (κ2) is 6.88. The molecule has 3 N–H and O–H groups in total.